The van der Waals surface area contributed by atoms with Crippen molar-refractivity contribution in [3.05, 3.63) is 94.3 Å². The molecule has 1 unspecified atom stereocenters. The fraction of sp³-hybridized carbons (Fsp3) is 0.192. The summed E-state index contributed by atoms with van der Waals surface area (Å²) in [5.74, 6) is -0.517. The lowest BCUT2D eigenvalue weighted by Crippen LogP contribution is -2.33. The molecule has 1 atom stereocenters. The third kappa shape index (κ3) is 4.16. The molecule has 0 aliphatic carbocycles. The zero-order valence-corrected chi connectivity index (χ0v) is 19.6. The van der Waals surface area contributed by atoms with E-state index in [2.05, 4.69) is 52.4 Å². The Morgan fingerprint density at radius 3 is 2.71 bits per heavy atom. The van der Waals surface area contributed by atoms with E-state index in [0.29, 0.717) is 23.2 Å². The van der Waals surface area contributed by atoms with E-state index in [1.807, 2.05) is 24.4 Å². The maximum Gasteiger partial charge on any atom is 0.335 e. The number of hydrogen-bond donors (Lipinski definition) is 2. The van der Waals surface area contributed by atoms with Gasteiger partial charge in [0.05, 0.1) is 17.3 Å². The number of halogens is 1. The molecule has 0 saturated heterocycles. The fourth-order valence-electron chi connectivity index (χ4n) is 4.52. The van der Waals surface area contributed by atoms with E-state index >= 15 is 0 Å². The van der Waals surface area contributed by atoms with E-state index in [-0.39, 0.29) is 11.6 Å². The van der Waals surface area contributed by atoms with Crippen LogP contribution in [0.25, 0.3) is 11.3 Å². The monoisotopic (exact) mass is 473 g/mol. The molecule has 0 spiro atoms. The number of fused-ring (bicyclic) bond motifs is 3. The molecular formula is C26H24ClN5O2. The lowest BCUT2D eigenvalue weighted by Gasteiger charge is -2.35. The SMILES string of the molecule is CN1CC=CC=C1C1c2cc(Cl)ccc2-c2nc(Nc3ccc(C(=O)O)cc3)ncc2CN1C. The van der Waals surface area contributed by atoms with Crippen molar-refractivity contribution >= 4 is 29.2 Å². The summed E-state index contributed by atoms with van der Waals surface area (Å²) in [6.45, 7) is 1.53. The van der Waals surface area contributed by atoms with Gasteiger partial charge >= 0.3 is 5.97 Å². The van der Waals surface area contributed by atoms with Crippen molar-refractivity contribution in [2.24, 2.45) is 0 Å². The lowest BCUT2D eigenvalue weighted by molar-refractivity contribution is 0.0697. The topological polar surface area (TPSA) is 81.6 Å². The van der Waals surface area contributed by atoms with E-state index in [1.54, 1.807) is 24.3 Å². The Morgan fingerprint density at radius 1 is 1.18 bits per heavy atom. The van der Waals surface area contributed by atoms with Crippen molar-refractivity contribution in [2.45, 2.75) is 12.6 Å². The van der Waals surface area contributed by atoms with Crippen molar-refractivity contribution in [3.63, 3.8) is 0 Å². The lowest BCUT2D eigenvalue weighted by atomic mass is 9.94. The second kappa shape index (κ2) is 8.93. The van der Waals surface area contributed by atoms with Crippen molar-refractivity contribution in [1.29, 1.82) is 0 Å². The molecule has 0 fully saturated rings. The second-order valence-electron chi connectivity index (χ2n) is 8.52. The number of rotatable bonds is 4. The summed E-state index contributed by atoms with van der Waals surface area (Å²) in [5, 5.41) is 13.0. The molecule has 7 nitrogen and oxygen atoms in total. The summed E-state index contributed by atoms with van der Waals surface area (Å²) in [6.07, 6.45) is 8.25. The van der Waals surface area contributed by atoms with Crippen LogP contribution in [0.1, 0.15) is 27.5 Å². The van der Waals surface area contributed by atoms with Gasteiger partial charge in [-0.3, -0.25) is 4.90 Å². The van der Waals surface area contributed by atoms with Crippen molar-refractivity contribution in [1.82, 2.24) is 19.8 Å². The quantitative estimate of drug-likeness (QED) is 0.544. The summed E-state index contributed by atoms with van der Waals surface area (Å²) in [6, 6.07) is 12.5. The van der Waals surface area contributed by atoms with E-state index in [4.69, 9.17) is 21.7 Å². The zero-order valence-electron chi connectivity index (χ0n) is 18.9. The molecule has 0 saturated carbocycles. The number of nitrogens with zero attached hydrogens (tertiary/aromatic N) is 4. The molecule has 0 radical (unpaired) electrons. The highest BCUT2D eigenvalue weighted by Gasteiger charge is 2.32. The summed E-state index contributed by atoms with van der Waals surface area (Å²) in [4.78, 5) is 25.1. The van der Waals surface area contributed by atoms with Gasteiger partial charge in [0, 0.05) is 53.9 Å². The molecule has 8 heteroatoms. The molecule has 34 heavy (non-hydrogen) atoms. The zero-order chi connectivity index (χ0) is 23.8. The fourth-order valence-corrected chi connectivity index (χ4v) is 4.70. The minimum Gasteiger partial charge on any atom is -0.478 e. The van der Waals surface area contributed by atoms with Gasteiger partial charge in [0.15, 0.2) is 0 Å². The molecule has 0 bridgehead atoms. The number of aromatic carboxylic acids is 1. The molecule has 172 valence electrons. The molecule has 2 aliphatic rings. The molecule has 2 aliphatic heterocycles. The van der Waals surface area contributed by atoms with Gasteiger partial charge in [-0.1, -0.05) is 29.8 Å². The molecule has 3 aromatic rings. The first-order valence-corrected chi connectivity index (χ1v) is 11.3. The Hall–Kier alpha value is -3.68. The number of benzene rings is 2. The average molecular weight is 474 g/mol. The van der Waals surface area contributed by atoms with Crippen LogP contribution in [0.5, 0.6) is 0 Å². The standard InChI is InChI=1S/C26H24ClN5O2/c1-31-12-4-3-5-22(31)24-21-13-18(27)8-11-20(21)23-17(15-32(24)2)14-28-26(30-23)29-19-9-6-16(7-10-19)25(33)34/h3-11,13-14,24H,12,15H2,1-2H3,(H,33,34)(H,28,29,30). The number of anilines is 2. The van der Waals surface area contributed by atoms with Gasteiger partial charge in [-0.25, -0.2) is 14.8 Å². The number of carbonyl (C=O) groups is 1. The predicted octanol–water partition coefficient (Wildman–Crippen LogP) is 5.11. The molecule has 3 heterocycles. The van der Waals surface area contributed by atoms with Crippen LogP contribution >= 0.6 is 11.6 Å². The van der Waals surface area contributed by atoms with Crippen LogP contribution in [0.3, 0.4) is 0 Å². The number of nitrogens with one attached hydrogen (secondary N) is 1. The number of hydrogen-bond acceptors (Lipinski definition) is 6. The first kappa shape index (κ1) is 22.1. The van der Waals surface area contributed by atoms with Crippen molar-refractivity contribution in [3.8, 4) is 11.3 Å². The summed E-state index contributed by atoms with van der Waals surface area (Å²) in [5.41, 5.74) is 6.13. The molecule has 0 amide bonds. The van der Waals surface area contributed by atoms with E-state index < -0.39 is 5.97 Å². The van der Waals surface area contributed by atoms with Crippen LogP contribution in [0.2, 0.25) is 5.02 Å². The Balaban J connectivity index is 1.57. The highest BCUT2D eigenvalue weighted by Crippen LogP contribution is 2.42. The first-order chi connectivity index (χ1) is 16.4. The van der Waals surface area contributed by atoms with Crippen LogP contribution in [0.15, 0.2) is 72.6 Å². The van der Waals surface area contributed by atoms with Gasteiger partial charge in [0.25, 0.3) is 0 Å². The molecule has 2 N–H and O–H groups in total. The minimum absolute atomic E-state index is 0.0119. The van der Waals surface area contributed by atoms with Crippen LogP contribution < -0.4 is 5.32 Å². The van der Waals surface area contributed by atoms with E-state index in [0.717, 1.165) is 28.9 Å². The molecular weight excluding hydrogens is 450 g/mol. The summed E-state index contributed by atoms with van der Waals surface area (Å²) < 4.78 is 0. The number of aromatic nitrogens is 2. The maximum absolute atomic E-state index is 11.1. The Kier molecular flexibility index (Phi) is 5.81. The number of likely N-dealkylation sites (N-methyl/N-ethyl adjacent to an activating group) is 2. The second-order valence-corrected chi connectivity index (χ2v) is 8.96. The van der Waals surface area contributed by atoms with Crippen LogP contribution in [-0.4, -0.2) is 51.5 Å². The van der Waals surface area contributed by atoms with Gasteiger partial charge in [-0.05, 0) is 55.1 Å². The van der Waals surface area contributed by atoms with Crippen molar-refractivity contribution in [2.75, 3.05) is 26.0 Å². The number of allylic oxidation sites excluding steroid dienone is 2. The van der Waals surface area contributed by atoms with Gasteiger partial charge in [-0.2, -0.15) is 0 Å². The third-order valence-corrected chi connectivity index (χ3v) is 6.41. The Labute approximate surface area is 203 Å². The maximum atomic E-state index is 11.1. The molecule has 2 aromatic carbocycles. The predicted molar refractivity (Wildman–Crippen MR) is 133 cm³/mol. The Morgan fingerprint density at radius 2 is 1.97 bits per heavy atom. The van der Waals surface area contributed by atoms with Crippen LogP contribution in [-0.2, 0) is 6.54 Å². The van der Waals surface area contributed by atoms with Gasteiger partial charge < -0.3 is 15.3 Å². The molecule has 5 rings (SSSR count). The van der Waals surface area contributed by atoms with E-state index in [9.17, 15) is 4.79 Å². The average Bonchev–Trinajstić information content (AvgIpc) is 2.93. The van der Waals surface area contributed by atoms with Crippen LogP contribution in [0.4, 0.5) is 11.6 Å². The smallest absolute Gasteiger partial charge is 0.335 e. The number of carboxylic acids is 1. The summed E-state index contributed by atoms with van der Waals surface area (Å²) in [7, 11) is 4.20. The molecule has 1 aromatic heterocycles. The highest BCUT2D eigenvalue weighted by molar-refractivity contribution is 6.30. The number of carboxylic acid groups (broad SMARTS) is 1. The Bertz CT molecular complexity index is 1320. The van der Waals surface area contributed by atoms with Gasteiger partial charge in [0.1, 0.15) is 0 Å². The third-order valence-electron chi connectivity index (χ3n) is 6.18. The first-order valence-electron chi connectivity index (χ1n) is 10.9. The highest BCUT2D eigenvalue weighted by atomic mass is 35.5. The van der Waals surface area contributed by atoms with Gasteiger partial charge in [0.2, 0.25) is 5.95 Å². The normalized spacial score (nSPS) is 17.4. The van der Waals surface area contributed by atoms with Crippen LogP contribution in [0, 0.1) is 0 Å². The van der Waals surface area contributed by atoms with Crippen molar-refractivity contribution < 1.29 is 9.90 Å². The minimum atomic E-state index is -0.962. The largest absolute Gasteiger partial charge is 0.478 e. The summed E-state index contributed by atoms with van der Waals surface area (Å²) >= 11 is 6.47. The van der Waals surface area contributed by atoms with E-state index in [1.165, 1.54) is 5.70 Å². The van der Waals surface area contributed by atoms with Gasteiger partial charge in [-0.15, -0.1) is 0 Å².